The van der Waals surface area contributed by atoms with Gasteiger partial charge in [0.1, 0.15) is 0 Å². The van der Waals surface area contributed by atoms with Gasteiger partial charge in [-0.25, -0.2) is 8.78 Å². The second-order valence-corrected chi connectivity index (χ2v) is 3.69. The number of rotatable bonds is 3. The van der Waals surface area contributed by atoms with E-state index < -0.39 is 13.0 Å². The first-order chi connectivity index (χ1) is 6.61. The third-order valence-electron chi connectivity index (χ3n) is 2.59. The second-order valence-electron chi connectivity index (χ2n) is 3.69. The van der Waals surface area contributed by atoms with Crippen LogP contribution in [-0.2, 0) is 4.79 Å². The Bertz CT molecular complexity index is 199. The Morgan fingerprint density at radius 2 is 2.07 bits per heavy atom. The van der Waals surface area contributed by atoms with Crippen LogP contribution in [0.1, 0.15) is 25.7 Å². The van der Waals surface area contributed by atoms with E-state index >= 15 is 0 Å². The van der Waals surface area contributed by atoms with Gasteiger partial charge in [0.05, 0.1) is 12.5 Å². The monoisotopic (exact) mass is 206 g/mol. The van der Waals surface area contributed by atoms with Gasteiger partial charge >= 0.3 is 0 Å². The average molecular weight is 206 g/mol. The molecule has 3 N–H and O–H groups in total. The zero-order chi connectivity index (χ0) is 10.6. The summed E-state index contributed by atoms with van der Waals surface area (Å²) in [5.41, 5.74) is 5.74. The molecule has 14 heavy (non-hydrogen) atoms. The van der Waals surface area contributed by atoms with Gasteiger partial charge in [-0.2, -0.15) is 0 Å². The normalized spacial score (nSPS) is 27.7. The molecular weight excluding hydrogens is 190 g/mol. The predicted octanol–water partition coefficient (Wildman–Crippen LogP) is 0.885. The number of hydrogen-bond donors (Lipinski definition) is 2. The van der Waals surface area contributed by atoms with E-state index in [1.54, 1.807) is 0 Å². The summed E-state index contributed by atoms with van der Waals surface area (Å²) in [7, 11) is 0. The van der Waals surface area contributed by atoms with Crippen LogP contribution in [0.15, 0.2) is 0 Å². The minimum Gasteiger partial charge on any atom is -0.350 e. The first-order valence-electron chi connectivity index (χ1n) is 4.92. The molecule has 0 aromatic rings. The Labute approximate surface area is 82.0 Å². The van der Waals surface area contributed by atoms with Crippen LogP contribution in [0.3, 0.4) is 0 Å². The Hall–Kier alpha value is -0.710. The van der Waals surface area contributed by atoms with E-state index in [2.05, 4.69) is 5.32 Å². The summed E-state index contributed by atoms with van der Waals surface area (Å²) in [4.78, 5) is 11.4. The van der Waals surface area contributed by atoms with Crippen LogP contribution in [0.5, 0.6) is 0 Å². The smallest absolute Gasteiger partial charge is 0.255 e. The molecule has 3 nitrogen and oxygen atoms in total. The lowest BCUT2D eigenvalue weighted by Gasteiger charge is -2.27. The largest absolute Gasteiger partial charge is 0.350 e. The molecule has 0 aromatic carbocycles. The van der Waals surface area contributed by atoms with E-state index in [1.165, 1.54) is 0 Å². The van der Waals surface area contributed by atoms with Gasteiger partial charge in [-0.15, -0.1) is 0 Å². The Morgan fingerprint density at radius 1 is 1.43 bits per heavy atom. The third kappa shape index (κ3) is 3.21. The SMILES string of the molecule is NC1CCCCC1C(=O)NCC(F)F. The lowest BCUT2D eigenvalue weighted by atomic mass is 9.84. The molecule has 0 bridgehead atoms. The van der Waals surface area contributed by atoms with Crippen molar-refractivity contribution in [3.63, 3.8) is 0 Å². The summed E-state index contributed by atoms with van der Waals surface area (Å²) in [5.74, 6) is -0.597. The maximum atomic E-state index is 11.8. The first-order valence-corrected chi connectivity index (χ1v) is 4.92. The molecule has 0 radical (unpaired) electrons. The number of amides is 1. The summed E-state index contributed by atoms with van der Waals surface area (Å²) in [5, 5.41) is 2.21. The summed E-state index contributed by atoms with van der Waals surface area (Å²) in [6.07, 6.45) is 1.03. The Kier molecular flexibility index (Phi) is 4.25. The molecular formula is C9H16F2N2O. The van der Waals surface area contributed by atoms with Crippen molar-refractivity contribution in [3.8, 4) is 0 Å². The number of alkyl halides is 2. The molecule has 2 unspecified atom stereocenters. The van der Waals surface area contributed by atoms with Crippen molar-refractivity contribution in [2.24, 2.45) is 11.7 Å². The fraction of sp³-hybridized carbons (Fsp3) is 0.889. The van der Waals surface area contributed by atoms with Gasteiger partial charge in [-0.3, -0.25) is 4.79 Å². The van der Waals surface area contributed by atoms with Gasteiger partial charge in [-0.05, 0) is 12.8 Å². The van der Waals surface area contributed by atoms with E-state index in [1.807, 2.05) is 0 Å². The molecule has 1 amide bonds. The summed E-state index contributed by atoms with van der Waals surface area (Å²) < 4.78 is 23.6. The standard InChI is InChI=1S/C9H16F2N2O/c10-8(11)5-13-9(14)6-3-1-2-4-7(6)12/h6-8H,1-5,12H2,(H,13,14). The fourth-order valence-corrected chi connectivity index (χ4v) is 1.79. The number of carbonyl (C=O) groups is 1. The minimum atomic E-state index is -2.49. The van der Waals surface area contributed by atoms with Crippen molar-refractivity contribution in [2.75, 3.05) is 6.54 Å². The quantitative estimate of drug-likeness (QED) is 0.720. The molecule has 1 aliphatic carbocycles. The molecule has 0 heterocycles. The summed E-state index contributed by atoms with van der Waals surface area (Å²) in [6.45, 7) is -0.567. The maximum absolute atomic E-state index is 11.8. The van der Waals surface area contributed by atoms with Crippen LogP contribution in [0.25, 0.3) is 0 Å². The third-order valence-corrected chi connectivity index (χ3v) is 2.59. The highest BCUT2D eigenvalue weighted by Crippen LogP contribution is 2.22. The molecule has 0 spiro atoms. The van der Waals surface area contributed by atoms with Crippen molar-refractivity contribution in [1.29, 1.82) is 0 Å². The van der Waals surface area contributed by atoms with Gasteiger partial charge in [0.15, 0.2) is 0 Å². The number of nitrogens with two attached hydrogens (primary N) is 1. The molecule has 5 heteroatoms. The molecule has 1 saturated carbocycles. The van der Waals surface area contributed by atoms with E-state index in [-0.39, 0.29) is 17.9 Å². The van der Waals surface area contributed by atoms with Gasteiger partial charge in [0.25, 0.3) is 6.43 Å². The predicted molar refractivity (Wildman–Crippen MR) is 48.9 cm³/mol. The molecule has 1 rings (SSSR count). The fourth-order valence-electron chi connectivity index (χ4n) is 1.79. The van der Waals surface area contributed by atoms with Crippen molar-refractivity contribution < 1.29 is 13.6 Å². The van der Waals surface area contributed by atoms with Crippen LogP contribution in [0, 0.1) is 5.92 Å². The zero-order valence-electron chi connectivity index (χ0n) is 8.01. The van der Waals surface area contributed by atoms with Crippen molar-refractivity contribution >= 4 is 5.91 Å². The van der Waals surface area contributed by atoms with Gasteiger partial charge in [-0.1, -0.05) is 12.8 Å². The second kappa shape index (κ2) is 5.24. The zero-order valence-corrected chi connectivity index (χ0v) is 8.01. The van der Waals surface area contributed by atoms with Crippen LogP contribution >= 0.6 is 0 Å². The van der Waals surface area contributed by atoms with Gasteiger partial charge < -0.3 is 11.1 Å². The van der Waals surface area contributed by atoms with Crippen molar-refractivity contribution in [3.05, 3.63) is 0 Å². The van der Waals surface area contributed by atoms with Gasteiger partial charge in [0.2, 0.25) is 5.91 Å². The molecule has 0 saturated heterocycles. The van der Waals surface area contributed by atoms with E-state index in [9.17, 15) is 13.6 Å². The highest BCUT2D eigenvalue weighted by Gasteiger charge is 2.28. The van der Waals surface area contributed by atoms with Crippen molar-refractivity contribution in [1.82, 2.24) is 5.32 Å². The number of hydrogen-bond acceptors (Lipinski definition) is 2. The molecule has 1 aliphatic rings. The Balaban J connectivity index is 2.34. The number of carbonyl (C=O) groups excluding carboxylic acids is 1. The highest BCUT2D eigenvalue weighted by molar-refractivity contribution is 5.79. The average Bonchev–Trinajstić information content (AvgIpc) is 2.15. The maximum Gasteiger partial charge on any atom is 0.255 e. The van der Waals surface area contributed by atoms with Crippen LogP contribution < -0.4 is 11.1 Å². The lowest BCUT2D eigenvalue weighted by molar-refractivity contribution is -0.127. The van der Waals surface area contributed by atoms with Crippen LogP contribution in [0.2, 0.25) is 0 Å². The Morgan fingerprint density at radius 3 is 2.64 bits per heavy atom. The van der Waals surface area contributed by atoms with Gasteiger partial charge in [0, 0.05) is 6.04 Å². The molecule has 82 valence electrons. The topological polar surface area (TPSA) is 55.1 Å². The summed E-state index contributed by atoms with van der Waals surface area (Å²) in [6, 6.07) is -0.165. The first kappa shape index (κ1) is 11.4. The summed E-state index contributed by atoms with van der Waals surface area (Å²) >= 11 is 0. The van der Waals surface area contributed by atoms with Crippen molar-refractivity contribution in [2.45, 2.75) is 38.2 Å². The number of halogens is 2. The molecule has 0 aliphatic heterocycles. The van der Waals surface area contributed by atoms with E-state index in [0.29, 0.717) is 0 Å². The molecule has 2 atom stereocenters. The molecule has 0 aromatic heterocycles. The van der Waals surface area contributed by atoms with Crippen LogP contribution in [-0.4, -0.2) is 24.9 Å². The molecule has 1 fully saturated rings. The minimum absolute atomic E-state index is 0.165. The lowest BCUT2D eigenvalue weighted by Crippen LogP contribution is -2.44. The highest BCUT2D eigenvalue weighted by atomic mass is 19.3. The van der Waals surface area contributed by atoms with E-state index in [0.717, 1.165) is 25.7 Å². The van der Waals surface area contributed by atoms with Crippen LogP contribution in [0.4, 0.5) is 8.78 Å². The number of nitrogens with one attached hydrogen (secondary N) is 1. The van der Waals surface area contributed by atoms with E-state index in [4.69, 9.17) is 5.73 Å².